The third-order valence-corrected chi connectivity index (χ3v) is 7.99. The fraction of sp³-hybridized carbons (Fsp3) is 0.952. The van der Waals surface area contributed by atoms with Crippen molar-refractivity contribution in [2.45, 2.75) is 50.9 Å². The summed E-state index contributed by atoms with van der Waals surface area (Å²) in [6, 6.07) is 0.177. The first-order chi connectivity index (χ1) is 12.9. The largest absolute Gasteiger partial charge is 0.340 e. The van der Waals surface area contributed by atoms with Crippen molar-refractivity contribution >= 4 is 17.5 Å². The molecule has 0 bridgehead atoms. The molecule has 0 aromatic carbocycles. The van der Waals surface area contributed by atoms with Crippen LogP contribution in [0.4, 0.5) is 0 Å². The van der Waals surface area contributed by atoms with Gasteiger partial charge in [0, 0.05) is 50.1 Å². The third kappa shape index (κ3) is 4.80. The zero-order valence-electron chi connectivity index (χ0n) is 17.4. The normalized spacial score (nSPS) is 42.0. The van der Waals surface area contributed by atoms with Gasteiger partial charge in [-0.1, -0.05) is 20.3 Å². The highest BCUT2D eigenvalue weighted by atomic mass is 35.5. The Hall–Kier alpha value is -0.360. The molecule has 1 saturated carbocycles. The molecule has 0 aromatic heterocycles. The van der Waals surface area contributed by atoms with Gasteiger partial charge < -0.3 is 20.9 Å². The number of amides is 1. The molecule has 156 valence electrons. The van der Waals surface area contributed by atoms with Crippen LogP contribution in [0.3, 0.4) is 0 Å². The first kappa shape index (κ1) is 21.4. The van der Waals surface area contributed by atoms with E-state index in [1.807, 2.05) is 0 Å². The fourth-order valence-electron chi connectivity index (χ4n) is 5.92. The number of carbonyl (C=O) groups excluding carboxylic acids is 1. The van der Waals surface area contributed by atoms with Crippen molar-refractivity contribution in [3.63, 3.8) is 0 Å². The molecule has 1 aliphatic carbocycles. The highest BCUT2D eigenvalue weighted by Crippen LogP contribution is 2.46. The number of alkyl halides is 1. The van der Waals surface area contributed by atoms with E-state index in [0.717, 1.165) is 65.0 Å². The van der Waals surface area contributed by atoms with Crippen LogP contribution in [0.2, 0.25) is 0 Å². The average Bonchev–Trinajstić information content (AvgIpc) is 2.78. The lowest BCUT2D eigenvalue weighted by atomic mass is 9.69. The molecule has 3 fully saturated rings. The molecule has 7 atom stereocenters. The Labute approximate surface area is 170 Å². The summed E-state index contributed by atoms with van der Waals surface area (Å²) in [6.45, 7) is 10.2. The average molecular weight is 399 g/mol. The first-order valence-electron chi connectivity index (χ1n) is 11.0. The molecular formula is C21H39ClN4O. The van der Waals surface area contributed by atoms with Gasteiger partial charge in [-0.2, -0.15) is 0 Å². The van der Waals surface area contributed by atoms with Crippen molar-refractivity contribution in [3.05, 3.63) is 0 Å². The molecule has 0 spiro atoms. The Balaban J connectivity index is 1.75. The summed E-state index contributed by atoms with van der Waals surface area (Å²) in [5, 5.41) is 3.47. The van der Waals surface area contributed by atoms with Crippen molar-refractivity contribution in [3.8, 4) is 0 Å². The van der Waals surface area contributed by atoms with E-state index in [1.54, 1.807) is 0 Å². The standard InChI is InChI=1S/C21H39ClN4O/c1-4-16-14(2)11-15(21(27)26-9-7-25(3)8-10-26)12-18(22)20(16)17-5-6-24-13-19(17)23/h14-20,24H,4-13,23H2,1-3H3. The second-order valence-electron chi connectivity index (χ2n) is 9.26. The second kappa shape index (κ2) is 9.43. The fourth-order valence-corrected chi connectivity index (χ4v) is 6.51. The molecule has 3 N–H and O–H groups in total. The van der Waals surface area contributed by atoms with Gasteiger partial charge in [0.1, 0.15) is 0 Å². The number of likely N-dealkylation sites (N-methyl/N-ethyl adjacent to an activating group) is 1. The third-order valence-electron chi connectivity index (χ3n) is 7.52. The van der Waals surface area contributed by atoms with Gasteiger partial charge >= 0.3 is 0 Å². The van der Waals surface area contributed by atoms with Gasteiger partial charge in [0.25, 0.3) is 0 Å². The number of piperazine rings is 1. The summed E-state index contributed by atoms with van der Waals surface area (Å²) in [6.07, 6.45) is 4.02. The van der Waals surface area contributed by atoms with Crippen LogP contribution >= 0.6 is 11.6 Å². The molecule has 0 radical (unpaired) electrons. The van der Waals surface area contributed by atoms with Gasteiger partial charge in [-0.3, -0.25) is 4.79 Å². The number of nitrogens with one attached hydrogen (secondary N) is 1. The maximum Gasteiger partial charge on any atom is 0.225 e. The maximum absolute atomic E-state index is 13.3. The smallest absolute Gasteiger partial charge is 0.225 e. The predicted octanol–water partition coefficient (Wildman–Crippen LogP) is 1.99. The highest BCUT2D eigenvalue weighted by molar-refractivity contribution is 6.21. The molecule has 5 nitrogen and oxygen atoms in total. The van der Waals surface area contributed by atoms with Crippen LogP contribution in [-0.4, -0.2) is 73.4 Å². The Kier molecular flexibility index (Phi) is 7.45. The van der Waals surface area contributed by atoms with Crippen LogP contribution in [0.25, 0.3) is 0 Å². The molecule has 6 heteroatoms. The molecule has 2 saturated heterocycles. The maximum atomic E-state index is 13.3. The van der Waals surface area contributed by atoms with Crippen LogP contribution in [0.15, 0.2) is 0 Å². The molecule has 2 aliphatic heterocycles. The quantitative estimate of drug-likeness (QED) is 0.563. The van der Waals surface area contributed by atoms with Gasteiger partial charge in [0.15, 0.2) is 0 Å². The van der Waals surface area contributed by atoms with Crippen LogP contribution in [0.5, 0.6) is 0 Å². The van der Waals surface area contributed by atoms with Crippen molar-refractivity contribution < 1.29 is 4.79 Å². The number of hydrogen-bond donors (Lipinski definition) is 2. The Morgan fingerprint density at radius 3 is 2.56 bits per heavy atom. The lowest BCUT2D eigenvalue weighted by Crippen LogP contribution is -2.52. The summed E-state index contributed by atoms with van der Waals surface area (Å²) in [7, 11) is 2.13. The number of nitrogens with two attached hydrogens (primary N) is 1. The van der Waals surface area contributed by atoms with E-state index in [-0.39, 0.29) is 17.3 Å². The Bertz CT molecular complexity index is 497. The monoisotopic (exact) mass is 398 g/mol. The van der Waals surface area contributed by atoms with E-state index in [9.17, 15) is 4.79 Å². The SMILES string of the molecule is CCC1C(C)CC(C(=O)N2CCN(C)CC2)CC(Cl)C1C1CCNCC1N. The number of hydrogen-bond acceptors (Lipinski definition) is 4. The number of carbonyl (C=O) groups is 1. The van der Waals surface area contributed by atoms with Crippen molar-refractivity contribution in [2.24, 2.45) is 35.3 Å². The molecule has 27 heavy (non-hydrogen) atoms. The minimum Gasteiger partial charge on any atom is -0.340 e. The second-order valence-corrected chi connectivity index (χ2v) is 9.82. The van der Waals surface area contributed by atoms with Crippen molar-refractivity contribution in [2.75, 3.05) is 46.3 Å². The number of halogens is 1. The van der Waals surface area contributed by atoms with Crippen molar-refractivity contribution in [1.29, 1.82) is 0 Å². The summed E-state index contributed by atoms with van der Waals surface area (Å²) in [5.41, 5.74) is 6.51. The number of nitrogens with zero attached hydrogens (tertiary/aromatic N) is 2. The Morgan fingerprint density at radius 1 is 1.22 bits per heavy atom. The van der Waals surface area contributed by atoms with Gasteiger partial charge in [0.05, 0.1) is 0 Å². The van der Waals surface area contributed by atoms with Crippen LogP contribution in [0, 0.1) is 29.6 Å². The van der Waals surface area contributed by atoms with Crippen molar-refractivity contribution in [1.82, 2.24) is 15.1 Å². The molecule has 1 amide bonds. The summed E-state index contributed by atoms with van der Waals surface area (Å²) in [5.74, 6) is 2.39. The van der Waals surface area contributed by atoms with E-state index in [1.165, 1.54) is 0 Å². The van der Waals surface area contributed by atoms with Gasteiger partial charge in [-0.15, -0.1) is 11.6 Å². The molecule has 7 unspecified atom stereocenters. The van der Waals surface area contributed by atoms with Crippen LogP contribution in [0.1, 0.15) is 39.5 Å². The lowest BCUT2D eigenvalue weighted by Gasteiger charge is -2.42. The highest BCUT2D eigenvalue weighted by Gasteiger charge is 2.45. The predicted molar refractivity (Wildman–Crippen MR) is 112 cm³/mol. The summed E-state index contributed by atoms with van der Waals surface area (Å²) < 4.78 is 0. The minimum atomic E-state index is 0.0514. The molecule has 2 heterocycles. The van der Waals surface area contributed by atoms with Gasteiger partial charge in [0.2, 0.25) is 5.91 Å². The van der Waals surface area contributed by atoms with E-state index in [2.05, 4.69) is 36.0 Å². The topological polar surface area (TPSA) is 61.6 Å². The first-order valence-corrected chi connectivity index (χ1v) is 11.4. The van der Waals surface area contributed by atoms with Crippen LogP contribution in [-0.2, 0) is 4.79 Å². The Morgan fingerprint density at radius 2 is 1.93 bits per heavy atom. The van der Waals surface area contributed by atoms with Gasteiger partial charge in [-0.25, -0.2) is 0 Å². The van der Waals surface area contributed by atoms with E-state index < -0.39 is 0 Å². The minimum absolute atomic E-state index is 0.0514. The number of rotatable bonds is 3. The zero-order valence-corrected chi connectivity index (χ0v) is 18.1. The molecule has 0 aromatic rings. The van der Waals surface area contributed by atoms with E-state index in [0.29, 0.717) is 29.6 Å². The van der Waals surface area contributed by atoms with Gasteiger partial charge in [-0.05, 0) is 56.5 Å². The van der Waals surface area contributed by atoms with E-state index >= 15 is 0 Å². The lowest BCUT2D eigenvalue weighted by molar-refractivity contribution is -0.137. The molecular weight excluding hydrogens is 360 g/mol. The summed E-state index contributed by atoms with van der Waals surface area (Å²) >= 11 is 7.07. The molecule has 3 aliphatic rings. The molecule has 3 rings (SSSR count). The number of piperidine rings is 1. The van der Waals surface area contributed by atoms with E-state index in [4.69, 9.17) is 17.3 Å². The summed E-state index contributed by atoms with van der Waals surface area (Å²) in [4.78, 5) is 17.6. The van der Waals surface area contributed by atoms with Crippen LogP contribution < -0.4 is 11.1 Å². The zero-order chi connectivity index (χ0) is 19.6.